The van der Waals surface area contributed by atoms with Crippen molar-refractivity contribution in [2.24, 2.45) is 10.9 Å². The minimum Gasteiger partial charge on any atom is -0.478 e. The van der Waals surface area contributed by atoms with Gasteiger partial charge < -0.3 is 4.74 Å². The minimum absolute atomic E-state index is 0.158. The third-order valence-corrected chi connectivity index (χ3v) is 8.74. The van der Waals surface area contributed by atoms with Crippen LogP contribution in [0.1, 0.15) is 25.0 Å². The predicted octanol–water partition coefficient (Wildman–Crippen LogP) is 4.91. The van der Waals surface area contributed by atoms with E-state index in [4.69, 9.17) is 9.73 Å². The van der Waals surface area contributed by atoms with E-state index in [0.717, 1.165) is 18.9 Å². The van der Waals surface area contributed by atoms with E-state index in [9.17, 15) is 0 Å². The van der Waals surface area contributed by atoms with Gasteiger partial charge in [-0.3, -0.25) is 4.67 Å². The van der Waals surface area contributed by atoms with Gasteiger partial charge in [0.2, 0.25) is 5.90 Å². The van der Waals surface area contributed by atoms with E-state index in [1.54, 1.807) is 0 Å². The summed E-state index contributed by atoms with van der Waals surface area (Å²) < 4.78 is 8.91. The Labute approximate surface area is 186 Å². The largest absolute Gasteiger partial charge is 0.478 e. The van der Waals surface area contributed by atoms with Crippen molar-refractivity contribution < 1.29 is 4.74 Å². The normalized spacial score (nSPS) is 21.1. The molecule has 0 amide bonds. The Kier molecular flexibility index (Phi) is 5.89. The minimum atomic E-state index is -0.706. The van der Waals surface area contributed by atoms with E-state index in [1.165, 1.54) is 21.7 Å². The van der Waals surface area contributed by atoms with Crippen molar-refractivity contribution in [3.8, 4) is 0 Å². The van der Waals surface area contributed by atoms with Gasteiger partial charge in [-0.25, -0.2) is 4.99 Å². The van der Waals surface area contributed by atoms with Gasteiger partial charge >= 0.3 is 0 Å². The van der Waals surface area contributed by atoms with Crippen LogP contribution in [-0.2, 0) is 17.7 Å². The highest BCUT2D eigenvalue weighted by Crippen LogP contribution is 2.45. The van der Waals surface area contributed by atoms with E-state index in [2.05, 4.69) is 103 Å². The van der Waals surface area contributed by atoms with E-state index >= 15 is 0 Å². The second kappa shape index (κ2) is 8.94. The van der Waals surface area contributed by atoms with Gasteiger partial charge in [0.05, 0.1) is 12.1 Å². The number of rotatable bonds is 5. The number of fused-ring (bicyclic) bond motifs is 1. The first-order valence-corrected chi connectivity index (χ1v) is 12.4. The highest BCUT2D eigenvalue weighted by atomic mass is 31.1. The molecule has 2 atom stereocenters. The summed E-state index contributed by atoms with van der Waals surface area (Å²) in [5.74, 6) is 1.42. The molecule has 2 aliphatic heterocycles. The topological polar surface area (TPSA) is 24.8 Å². The molecule has 3 nitrogen and oxygen atoms in total. The van der Waals surface area contributed by atoms with Gasteiger partial charge in [0.15, 0.2) is 0 Å². The summed E-state index contributed by atoms with van der Waals surface area (Å²) in [5.41, 5.74) is 2.83. The quantitative estimate of drug-likeness (QED) is 0.539. The Morgan fingerprint density at radius 3 is 2.00 bits per heavy atom. The second-order valence-corrected chi connectivity index (χ2v) is 10.8. The van der Waals surface area contributed by atoms with Gasteiger partial charge in [-0.2, -0.15) is 0 Å². The van der Waals surface area contributed by atoms with Crippen LogP contribution < -0.4 is 10.6 Å². The summed E-state index contributed by atoms with van der Waals surface area (Å²) in [6.45, 7) is 6.07. The second-order valence-electron chi connectivity index (χ2n) is 8.66. The van der Waals surface area contributed by atoms with Crippen LogP contribution in [0.3, 0.4) is 0 Å². The van der Waals surface area contributed by atoms with Gasteiger partial charge in [-0.15, -0.1) is 0 Å². The van der Waals surface area contributed by atoms with Crippen molar-refractivity contribution in [2.75, 3.05) is 6.61 Å². The number of nitrogens with zero attached hydrogens (tertiary/aromatic N) is 2. The maximum absolute atomic E-state index is 6.25. The smallest absolute Gasteiger partial charge is 0.202 e. The van der Waals surface area contributed by atoms with Crippen molar-refractivity contribution in [1.82, 2.24) is 4.67 Å². The Balaban J connectivity index is 1.61. The maximum Gasteiger partial charge on any atom is 0.202 e. The zero-order valence-electron chi connectivity index (χ0n) is 18.2. The summed E-state index contributed by atoms with van der Waals surface area (Å²) in [4.78, 5) is 5.07. The van der Waals surface area contributed by atoms with Gasteiger partial charge in [0.25, 0.3) is 0 Å². The number of aliphatic imine (C=N–C) groups is 1. The Morgan fingerprint density at radius 2 is 1.42 bits per heavy atom. The molecule has 0 spiro atoms. The fourth-order valence-corrected chi connectivity index (χ4v) is 7.00. The maximum atomic E-state index is 6.25. The van der Waals surface area contributed by atoms with Gasteiger partial charge in [-0.05, 0) is 34.1 Å². The fraction of sp³-hybridized carbons (Fsp3) is 0.296. The molecule has 3 aromatic carbocycles. The first kappa shape index (κ1) is 20.4. The molecule has 0 fully saturated rings. The van der Waals surface area contributed by atoms with Crippen molar-refractivity contribution in [2.45, 2.75) is 38.9 Å². The third kappa shape index (κ3) is 4.18. The van der Waals surface area contributed by atoms with Crippen LogP contribution in [0.4, 0.5) is 0 Å². The molecule has 0 N–H and O–H groups in total. The van der Waals surface area contributed by atoms with Crippen LogP contribution in [0.25, 0.3) is 0 Å². The Bertz CT molecular complexity index is 1010. The SMILES string of the molecule is CC(C)[C@@H]1COC([C@H]2Cc3ccccc3CN2P(c2ccccc2)c2ccccc2)=N1. The van der Waals surface area contributed by atoms with Crippen LogP contribution in [-0.4, -0.2) is 29.3 Å². The Morgan fingerprint density at radius 1 is 0.839 bits per heavy atom. The lowest BCUT2D eigenvalue weighted by Crippen LogP contribution is -2.45. The van der Waals surface area contributed by atoms with Crippen molar-refractivity contribution in [3.63, 3.8) is 0 Å². The molecule has 4 heteroatoms. The Hall–Kier alpha value is -2.48. The molecule has 2 heterocycles. The molecule has 0 aromatic heterocycles. The average molecular weight is 429 g/mol. The fourth-order valence-electron chi connectivity index (χ4n) is 4.45. The average Bonchev–Trinajstić information content (AvgIpc) is 3.31. The van der Waals surface area contributed by atoms with Crippen LogP contribution in [0, 0.1) is 5.92 Å². The number of ether oxygens (including phenoxy) is 1. The van der Waals surface area contributed by atoms with Crippen molar-refractivity contribution in [1.29, 1.82) is 0 Å². The lowest BCUT2D eigenvalue weighted by molar-refractivity contribution is 0.258. The summed E-state index contributed by atoms with van der Waals surface area (Å²) in [7, 11) is -0.706. The van der Waals surface area contributed by atoms with E-state index in [-0.39, 0.29) is 12.1 Å². The molecule has 2 aliphatic rings. The molecule has 5 rings (SSSR count). The molecular formula is C27H29N2OP. The molecular weight excluding hydrogens is 399 g/mol. The third-order valence-electron chi connectivity index (χ3n) is 6.23. The van der Waals surface area contributed by atoms with Crippen LogP contribution >= 0.6 is 8.07 Å². The molecule has 0 aliphatic carbocycles. The highest BCUT2D eigenvalue weighted by Gasteiger charge is 2.39. The standard InChI is InChI=1S/C27H29N2OP/c1-20(2)25-19-30-27(28-25)26-17-21-11-9-10-12-22(21)18-29(26)31(23-13-5-3-6-14-23)24-15-7-4-8-16-24/h3-16,20,25-26H,17-19H2,1-2H3/t25-,26+/m0/s1. The number of benzene rings is 3. The van der Waals surface area contributed by atoms with Crippen LogP contribution in [0.2, 0.25) is 0 Å². The summed E-state index contributed by atoms with van der Waals surface area (Å²) in [6, 6.07) is 31.1. The summed E-state index contributed by atoms with van der Waals surface area (Å²) in [5, 5.41) is 2.74. The van der Waals surface area contributed by atoms with E-state index in [0.29, 0.717) is 12.5 Å². The van der Waals surface area contributed by atoms with Crippen LogP contribution in [0.5, 0.6) is 0 Å². The molecule has 31 heavy (non-hydrogen) atoms. The van der Waals surface area contributed by atoms with Crippen molar-refractivity contribution >= 4 is 24.6 Å². The van der Waals surface area contributed by atoms with Crippen LogP contribution in [0.15, 0.2) is 89.9 Å². The number of hydrogen-bond donors (Lipinski definition) is 0. The highest BCUT2D eigenvalue weighted by molar-refractivity contribution is 7.70. The lowest BCUT2D eigenvalue weighted by Gasteiger charge is -2.41. The lowest BCUT2D eigenvalue weighted by atomic mass is 9.96. The van der Waals surface area contributed by atoms with E-state index in [1.807, 2.05) is 0 Å². The zero-order valence-corrected chi connectivity index (χ0v) is 19.1. The van der Waals surface area contributed by atoms with E-state index < -0.39 is 8.07 Å². The summed E-state index contributed by atoms with van der Waals surface area (Å²) in [6.07, 6.45) is 0.943. The van der Waals surface area contributed by atoms with Gasteiger partial charge in [0.1, 0.15) is 6.61 Å². The molecule has 0 saturated carbocycles. The monoisotopic (exact) mass is 428 g/mol. The number of hydrogen-bond acceptors (Lipinski definition) is 3. The molecule has 0 radical (unpaired) electrons. The molecule has 158 valence electrons. The molecule has 0 unspecified atom stereocenters. The summed E-state index contributed by atoms with van der Waals surface area (Å²) >= 11 is 0. The molecule has 3 aromatic rings. The van der Waals surface area contributed by atoms with Gasteiger partial charge in [-0.1, -0.05) is 98.8 Å². The molecule has 0 saturated heterocycles. The predicted molar refractivity (Wildman–Crippen MR) is 131 cm³/mol. The van der Waals surface area contributed by atoms with Gasteiger partial charge in [0, 0.05) is 14.6 Å². The first-order valence-electron chi connectivity index (χ1n) is 11.1. The zero-order chi connectivity index (χ0) is 21.2. The molecule has 0 bridgehead atoms. The van der Waals surface area contributed by atoms with Crippen molar-refractivity contribution in [3.05, 3.63) is 96.1 Å². The first-order chi connectivity index (χ1) is 15.2.